The van der Waals surface area contributed by atoms with Crippen LogP contribution in [0.3, 0.4) is 0 Å². The molecular formula is C21H37N3O. The highest BCUT2D eigenvalue weighted by Gasteiger charge is 2.16. The number of hydrogen-bond acceptors (Lipinski definition) is 4. The zero-order valence-electron chi connectivity index (χ0n) is 16.3. The molecule has 1 aromatic carbocycles. The molecule has 0 aliphatic carbocycles. The summed E-state index contributed by atoms with van der Waals surface area (Å²) in [7, 11) is 1.72. The molecule has 1 aliphatic heterocycles. The van der Waals surface area contributed by atoms with Crippen LogP contribution in [0, 0.1) is 0 Å². The van der Waals surface area contributed by atoms with Gasteiger partial charge in [-0.1, -0.05) is 31.9 Å². The minimum atomic E-state index is 0.940. The first kappa shape index (κ1) is 20.2. The lowest BCUT2D eigenvalue weighted by Gasteiger charge is -2.34. The topological polar surface area (TPSA) is 27.7 Å². The number of nitrogens with zero attached hydrogens (tertiary/aromatic N) is 2. The zero-order chi connectivity index (χ0) is 17.7. The van der Waals surface area contributed by atoms with E-state index in [1.165, 1.54) is 83.5 Å². The van der Waals surface area contributed by atoms with Crippen LogP contribution in [0.4, 0.5) is 0 Å². The van der Waals surface area contributed by atoms with E-state index in [9.17, 15) is 0 Å². The van der Waals surface area contributed by atoms with Crippen LogP contribution < -0.4 is 10.1 Å². The fraction of sp³-hybridized carbons (Fsp3) is 0.714. The summed E-state index contributed by atoms with van der Waals surface area (Å²) in [6, 6.07) is 8.48. The number of piperazine rings is 1. The van der Waals surface area contributed by atoms with Gasteiger partial charge in [0, 0.05) is 32.7 Å². The van der Waals surface area contributed by atoms with E-state index in [1.807, 2.05) is 0 Å². The van der Waals surface area contributed by atoms with Crippen LogP contribution in [0.25, 0.3) is 0 Å². The van der Waals surface area contributed by atoms with Crippen molar-refractivity contribution in [2.24, 2.45) is 0 Å². The van der Waals surface area contributed by atoms with E-state index < -0.39 is 0 Å². The molecule has 1 heterocycles. The van der Waals surface area contributed by atoms with Gasteiger partial charge in [0.25, 0.3) is 0 Å². The molecule has 0 unspecified atom stereocenters. The molecule has 1 aromatic rings. The van der Waals surface area contributed by atoms with E-state index in [4.69, 9.17) is 4.74 Å². The second kappa shape index (κ2) is 12.3. The summed E-state index contributed by atoms with van der Waals surface area (Å²) < 4.78 is 5.23. The number of benzene rings is 1. The van der Waals surface area contributed by atoms with Gasteiger partial charge in [0.05, 0.1) is 7.11 Å². The summed E-state index contributed by atoms with van der Waals surface area (Å²) in [6.45, 7) is 11.7. The van der Waals surface area contributed by atoms with Crippen LogP contribution in [0.1, 0.15) is 44.6 Å². The summed E-state index contributed by atoms with van der Waals surface area (Å²) in [5.74, 6) is 0.940. The summed E-state index contributed by atoms with van der Waals surface area (Å²) in [6.07, 6.45) is 6.67. The van der Waals surface area contributed by atoms with Crippen molar-refractivity contribution in [3.8, 4) is 5.75 Å². The van der Waals surface area contributed by atoms with E-state index in [2.05, 4.69) is 46.3 Å². The van der Waals surface area contributed by atoms with Crippen LogP contribution in [-0.4, -0.2) is 62.7 Å². The lowest BCUT2D eigenvalue weighted by atomic mass is 10.1. The van der Waals surface area contributed by atoms with Crippen molar-refractivity contribution in [1.29, 1.82) is 0 Å². The Bertz CT molecular complexity index is 441. The fourth-order valence-corrected chi connectivity index (χ4v) is 3.40. The van der Waals surface area contributed by atoms with Gasteiger partial charge >= 0.3 is 0 Å². The average molecular weight is 348 g/mol. The van der Waals surface area contributed by atoms with Gasteiger partial charge in [0.1, 0.15) is 5.75 Å². The van der Waals surface area contributed by atoms with E-state index in [0.29, 0.717) is 0 Å². The van der Waals surface area contributed by atoms with Crippen molar-refractivity contribution in [1.82, 2.24) is 15.1 Å². The lowest BCUT2D eigenvalue weighted by Crippen LogP contribution is -2.46. The number of nitrogens with one attached hydrogen (secondary N) is 1. The van der Waals surface area contributed by atoms with Crippen molar-refractivity contribution >= 4 is 0 Å². The molecule has 2 rings (SSSR count). The summed E-state index contributed by atoms with van der Waals surface area (Å²) in [5.41, 5.74) is 1.38. The second-order valence-electron chi connectivity index (χ2n) is 7.13. The number of ether oxygens (including phenoxy) is 1. The quantitative estimate of drug-likeness (QED) is 0.587. The van der Waals surface area contributed by atoms with Gasteiger partial charge in [0.15, 0.2) is 0 Å². The van der Waals surface area contributed by atoms with Gasteiger partial charge in [-0.3, -0.25) is 4.90 Å². The van der Waals surface area contributed by atoms with Gasteiger partial charge in [-0.2, -0.15) is 0 Å². The number of hydrogen-bond donors (Lipinski definition) is 1. The molecule has 4 nitrogen and oxygen atoms in total. The van der Waals surface area contributed by atoms with Crippen molar-refractivity contribution < 1.29 is 4.74 Å². The molecule has 1 saturated heterocycles. The standard InChI is InChI=1S/C21H37N3O/c1-3-12-22-13-6-4-5-7-14-23-15-17-24(18-16-23)19-20-8-10-21(25-2)11-9-20/h8-11,22H,3-7,12-19H2,1-2H3. The highest BCUT2D eigenvalue weighted by molar-refractivity contribution is 5.27. The zero-order valence-corrected chi connectivity index (χ0v) is 16.3. The molecule has 4 heteroatoms. The second-order valence-corrected chi connectivity index (χ2v) is 7.13. The molecule has 0 atom stereocenters. The summed E-state index contributed by atoms with van der Waals surface area (Å²) in [5, 5.41) is 3.48. The van der Waals surface area contributed by atoms with Crippen molar-refractivity contribution in [3.05, 3.63) is 29.8 Å². The highest BCUT2D eigenvalue weighted by atomic mass is 16.5. The highest BCUT2D eigenvalue weighted by Crippen LogP contribution is 2.14. The van der Waals surface area contributed by atoms with Crippen LogP contribution in [0.15, 0.2) is 24.3 Å². The first-order valence-electron chi connectivity index (χ1n) is 10.1. The largest absolute Gasteiger partial charge is 0.497 e. The minimum Gasteiger partial charge on any atom is -0.497 e. The molecule has 1 aliphatic rings. The van der Waals surface area contributed by atoms with Crippen LogP contribution in [0.2, 0.25) is 0 Å². The number of methoxy groups -OCH3 is 1. The molecule has 1 fully saturated rings. The van der Waals surface area contributed by atoms with Gasteiger partial charge in [0.2, 0.25) is 0 Å². The maximum atomic E-state index is 5.23. The third kappa shape index (κ3) is 8.21. The lowest BCUT2D eigenvalue weighted by molar-refractivity contribution is 0.125. The third-order valence-corrected chi connectivity index (χ3v) is 5.03. The Labute approximate surface area is 154 Å². The molecule has 142 valence electrons. The van der Waals surface area contributed by atoms with Crippen molar-refractivity contribution in [2.45, 2.75) is 45.6 Å². The van der Waals surface area contributed by atoms with E-state index in [0.717, 1.165) is 12.3 Å². The minimum absolute atomic E-state index is 0.940. The van der Waals surface area contributed by atoms with E-state index in [1.54, 1.807) is 7.11 Å². The Morgan fingerprint density at radius 3 is 2.24 bits per heavy atom. The monoisotopic (exact) mass is 347 g/mol. The Kier molecular flexibility index (Phi) is 9.93. The molecule has 0 bridgehead atoms. The summed E-state index contributed by atoms with van der Waals surface area (Å²) >= 11 is 0. The smallest absolute Gasteiger partial charge is 0.118 e. The van der Waals surface area contributed by atoms with Gasteiger partial charge in [-0.05, 0) is 56.6 Å². The Morgan fingerprint density at radius 1 is 0.880 bits per heavy atom. The van der Waals surface area contributed by atoms with Crippen molar-refractivity contribution in [2.75, 3.05) is 52.9 Å². The SMILES string of the molecule is CCCNCCCCCCN1CCN(Cc2ccc(OC)cc2)CC1. The maximum Gasteiger partial charge on any atom is 0.118 e. The predicted molar refractivity (Wildman–Crippen MR) is 106 cm³/mol. The Hall–Kier alpha value is -1.10. The Balaban J connectivity index is 1.51. The van der Waals surface area contributed by atoms with Gasteiger partial charge in [-0.25, -0.2) is 0 Å². The maximum absolute atomic E-state index is 5.23. The van der Waals surface area contributed by atoms with Crippen LogP contribution >= 0.6 is 0 Å². The Morgan fingerprint density at radius 2 is 1.56 bits per heavy atom. The number of rotatable bonds is 12. The third-order valence-electron chi connectivity index (χ3n) is 5.03. The van der Waals surface area contributed by atoms with E-state index >= 15 is 0 Å². The van der Waals surface area contributed by atoms with Gasteiger partial charge in [-0.15, -0.1) is 0 Å². The number of unbranched alkanes of at least 4 members (excludes halogenated alkanes) is 3. The van der Waals surface area contributed by atoms with Gasteiger partial charge < -0.3 is 15.0 Å². The fourth-order valence-electron chi connectivity index (χ4n) is 3.40. The van der Waals surface area contributed by atoms with E-state index in [-0.39, 0.29) is 0 Å². The average Bonchev–Trinajstić information content (AvgIpc) is 2.66. The molecule has 0 spiro atoms. The molecule has 0 saturated carbocycles. The normalized spacial score (nSPS) is 16.2. The molecule has 0 amide bonds. The van der Waals surface area contributed by atoms with Crippen molar-refractivity contribution in [3.63, 3.8) is 0 Å². The first-order valence-corrected chi connectivity index (χ1v) is 10.1. The molecule has 0 aromatic heterocycles. The predicted octanol–water partition coefficient (Wildman–Crippen LogP) is 3.37. The first-order chi connectivity index (χ1) is 12.3. The molecule has 0 radical (unpaired) electrons. The molecular weight excluding hydrogens is 310 g/mol. The van der Waals surface area contributed by atoms with Crippen LogP contribution in [0.5, 0.6) is 5.75 Å². The summed E-state index contributed by atoms with van der Waals surface area (Å²) in [4.78, 5) is 5.21. The molecule has 1 N–H and O–H groups in total. The molecule has 25 heavy (non-hydrogen) atoms. The van der Waals surface area contributed by atoms with Crippen LogP contribution in [-0.2, 0) is 6.54 Å².